The molecule has 0 aliphatic carbocycles. The number of ether oxygens (including phenoxy) is 2. The minimum absolute atomic E-state index is 0.154. The number of nitriles is 1. The average molecular weight is 288 g/mol. The summed E-state index contributed by atoms with van der Waals surface area (Å²) in [5, 5.41) is 11.9. The number of nitrogens with zero attached hydrogens (tertiary/aromatic N) is 1. The lowest BCUT2D eigenvalue weighted by molar-refractivity contribution is -0.118. The van der Waals surface area contributed by atoms with Crippen molar-refractivity contribution in [3.63, 3.8) is 0 Å². The molecule has 1 saturated heterocycles. The number of benzene rings is 1. The monoisotopic (exact) mass is 288 g/mol. The molecule has 1 fully saturated rings. The third-order valence-electron chi connectivity index (χ3n) is 3.15. The van der Waals surface area contributed by atoms with Crippen molar-refractivity contribution in [1.82, 2.24) is 0 Å². The van der Waals surface area contributed by atoms with Crippen LogP contribution in [0.15, 0.2) is 24.3 Å². The molecule has 1 aliphatic rings. The highest BCUT2D eigenvalue weighted by molar-refractivity contribution is 5.95. The van der Waals surface area contributed by atoms with Gasteiger partial charge in [-0.1, -0.05) is 26.0 Å². The first kappa shape index (κ1) is 15.3. The molecule has 5 nitrogen and oxygen atoms in total. The van der Waals surface area contributed by atoms with Gasteiger partial charge in [-0.3, -0.25) is 4.79 Å². The fraction of sp³-hybridized carbons (Fsp3) is 0.500. The maximum Gasteiger partial charge on any atom is 0.241 e. The summed E-state index contributed by atoms with van der Waals surface area (Å²) in [6, 6.07) is 9.28. The number of hydrogen-bond acceptors (Lipinski definition) is 4. The molecule has 0 radical (unpaired) electrons. The highest BCUT2D eigenvalue weighted by atomic mass is 16.6. The van der Waals surface area contributed by atoms with Gasteiger partial charge in [0.1, 0.15) is 24.4 Å². The van der Waals surface area contributed by atoms with Crippen LogP contribution in [0.5, 0.6) is 5.75 Å². The molecule has 2 rings (SSSR count). The van der Waals surface area contributed by atoms with Crippen LogP contribution in [0, 0.1) is 23.2 Å². The minimum atomic E-state index is -0.648. The van der Waals surface area contributed by atoms with Crippen molar-refractivity contribution in [2.45, 2.75) is 26.4 Å². The molecular weight excluding hydrogens is 268 g/mol. The molecule has 1 aliphatic heterocycles. The Morgan fingerprint density at radius 2 is 2.24 bits per heavy atom. The lowest BCUT2D eigenvalue weighted by Gasteiger charge is -2.15. The van der Waals surface area contributed by atoms with Gasteiger partial charge >= 0.3 is 0 Å². The maximum atomic E-state index is 12.2. The molecule has 1 aromatic carbocycles. The number of anilines is 1. The lowest BCUT2D eigenvalue weighted by atomic mass is 9.97. The topological polar surface area (TPSA) is 74.7 Å². The largest absolute Gasteiger partial charge is 0.489 e. The molecule has 0 bridgehead atoms. The van der Waals surface area contributed by atoms with Gasteiger partial charge in [-0.15, -0.1) is 0 Å². The van der Waals surface area contributed by atoms with Gasteiger partial charge in [0.15, 0.2) is 0 Å². The predicted octanol–water partition coefficient (Wildman–Crippen LogP) is 2.59. The van der Waals surface area contributed by atoms with Crippen LogP contribution in [0.3, 0.4) is 0 Å². The van der Waals surface area contributed by atoms with Gasteiger partial charge in [0.05, 0.1) is 18.4 Å². The molecule has 2 unspecified atom stereocenters. The summed E-state index contributed by atoms with van der Waals surface area (Å²) in [6.07, 6.45) is 0.697. The summed E-state index contributed by atoms with van der Waals surface area (Å²) < 4.78 is 10.7. The van der Waals surface area contributed by atoms with E-state index in [1.54, 1.807) is 12.1 Å². The van der Waals surface area contributed by atoms with Crippen LogP contribution < -0.4 is 10.1 Å². The van der Waals surface area contributed by atoms with Gasteiger partial charge in [-0.2, -0.15) is 5.26 Å². The second kappa shape index (κ2) is 7.09. The Balaban J connectivity index is 2.00. The normalized spacial score (nSPS) is 17.9. The summed E-state index contributed by atoms with van der Waals surface area (Å²) in [5.41, 5.74) is 0.590. The molecule has 1 amide bonds. The number of carbonyl (C=O) groups excluding carboxylic acids is 1. The van der Waals surface area contributed by atoms with Crippen LogP contribution in [-0.4, -0.2) is 25.2 Å². The SMILES string of the molecule is CC(C)CC(C#N)C(=O)Nc1ccccc1OCC1CO1. The van der Waals surface area contributed by atoms with Crippen molar-refractivity contribution in [1.29, 1.82) is 5.26 Å². The first-order valence-corrected chi connectivity index (χ1v) is 7.14. The standard InChI is InChI=1S/C16H20N2O3/c1-11(2)7-12(8-17)16(19)18-14-5-3-4-6-15(14)21-10-13-9-20-13/h3-6,11-13H,7,9-10H2,1-2H3,(H,18,19). The van der Waals surface area contributed by atoms with Gasteiger partial charge in [0.2, 0.25) is 5.91 Å². The number of rotatable bonds is 7. The quantitative estimate of drug-likeness (QED) is 0.782. The number of hydrogen-bond donors (Lipinski definition) is 1. The van der Waals surface area contributed by atoms with Crippen molar-refractivity contribution in [3.8, 4) is 11.8 Å². The molecule has 2 atom stereocenters. The van der Waals surface area contributed by atoms with E-state index in [9.17, 15) is 4.79 Å². The Bertz CT molecular complexity index is 533. The molecule has 21 heavy (non-hydrogen) atoms. The third-order valence-corrected chi connectivity index (χ3v) is 3.15. The van der Waals surface area contributed by atoms with Crippen molar-refractivity contribution in [2.75, 3.05) is 18.5 Å². The zero-order chi connectivity index (χ0) is 15.2. The molecule has 1 N–H and O–H groups in total. The second-order valence-corrected chi connectivity index (χ2v) is 5.56. The molecule has 112 valence electrons. The first-order chi connectivity index (χ1) is 10.1. The summed E-state index contributed by atoms with van der Waals surface area (Å²) in [5.74, 6) is -0.0451. The molecular formula is C16H20N2O3. The lowest BCUT2D eigenvalue weighted by Crippen LogP contribution is -2.23. The average Bonchev–Trinajstić information content (AvgIpc) is 3.27. The van der Waals surface area contributed by atoms with E-state index in [4.69, 9.17) is 14.7 Å². The van der Waals surface area contributed by atoms with Gasteiger partial charge in [-0.25, -0.2) is 0 Å². The van der Waals surface area contributed by atoms with E-state index in [-0.39, 0.29) is 12.0 Å². The fourth-order valence-electron chi connectivity index (χ4n) is 1.95. The van der Waals surface area contributed by atoms with E-state index in [2.05, 4.69) is 11.4 Å². The number of nitrogens with one attached hydrogen (secondary N) is 1. The zero-order valence-corrected chi connectivity index (χ0v) is 12.3. The summed E-state index contributed by atoms with van der Waals surface area (Å²) >= 11 is 0. The zero-order valence-electron chi connectivity index (χ0n) is 12.3. The van der Waals surface area contributed by atoms with Crippen molar-refractivity contribution in [2.24, 2.45) is 11.8 Å². The summed E-state index contributed by atoms with van der Waals surface area (Å²) in [6.45, 7) is 5.18. The van der Waals surface area contributed by atoms with Crippen LogP contribution in [0.1, 0.15) is 20.3 Å². The van der Waals surface area contributed by atoms with E-state index in [1.807, 2.05) is 26.0 Å². The Labute approximate surface area is 124 Å². The fourth-order valence-corrected chi connectivity index (χ4v) is 1.95. The van der Waals surface area contributed by atoms with E-state index in [1.165, 1.54) is 0 Å². The maximum absolute atomic E-state index is 12.2. The number of epoxide rings is 1. The Hall–Kier alpha value is -2.06. The molecule has 1 heterocycles. The van der Waals surface area contributed by atoms with Crippen LogP contribution >= 0.6 is 0 Å². The Morgan fingerprint density at radius 3 is 2.86 bits per heavy atom. The van der Waals surface area contributed by atoms with Crippen LogP contribution in [0.4, 0.5) is 5.69 Å². The summed E-state index contributed by atoms with van der Waals surface area (Å²) in [7, 11) is 0. The second-order valence-electron chi connectivity index (χ2n) is 5.56. The van der Waals surface area contributed by atoms with Gasteiger partial charge in [-0.05, 0) is 24.5 Å². The highest BCUT2D eigenvalue weighted by Gasteiger charge is 2.24. The molecule has 1 aromatic rings. The smallest absolute Gasteiger partial charge is 0.241 e. The van der Waals surface area contributed by atoms with E-state index in [0.717, 1.165) is 6.61 Å². The predicted molar refractivity (Wildman–Crippen MR) is 78.9 cm³/mol. The van der Waals surface area contributed by atoms with Crippen LogP contribution in [0.2, 0.25) is 0 Å². The summed E-state index contributed by atoms with van der Waals surface area (Å²) in [4.78, 5) is 12.2. The molecule has 0 spiro atoms. The van der Waals surface area contributed by atoms with E-state index < -0.39 is 5.92 Å². The third kappa shape index (κ3) is 4.76. The van der Waals surface area contributed by atoms with Crippen LogP contribution in [-0.2, 0) is 9.53 Å². The van der Waals surface area contributed by atoms with Gasteiger partial charge < -0.3 is 14.8 Å². The molecule has 5 heteroatoms. The molecule has 0 aromatic heterocycles. The van der Waals surface area contributed by atoms with Crippen molar-refractivity contribution in [3.05, 3.63) is 24.3 Å². The van der Waals surface area contributed by atoms with E-state index in [0.29, 0.717) is 30.4 Å². The minimum Gasteiger partial charge on any atom is -0.489 e. The molecule has 0 saturated carbocycles. The van der Waals surface area contributed by atoms with Crippen LogP contribution in [0.25, 0.3) is 0 Å². The van der Waals surface area contributed by atoms with Gasteiger partial charge in [0, 0.05) is 0 Å². The Morgan fingerprint density at radius 1 is 1.52 bits per heavy atom. The first-order valence-electron chi connectivity index (χ1n) is 7.14. The number of carbonyl (C=O) groups is 1. The number of para-hydroxylation sites is 2. The van der Waals surface area contributed by atoms with Crippen molar-refractivity contribution >= 4 is 11.6 Å². The number of amides is 1. The van der Waals surface area contributed by atoms with Gasteiger partial charge in [0.25, 0.3) is 0 Å². The highest BCUT2D eigenvalue weighted by Crippen LogP contribution is 2.26. The van der Waals surface area contributed by atoms with Crippen molar-refractivity contribution < 1.29 is 14.3 Å². The van der Waals surface area contributed by atoms with E-state index >= 15 is 0 Å². The Kier molecular flexibility index (Phi) is 5.18.